The minimum absolute atomic E-state index is 0.599. The first-order valence-corrected chi connectivity index (χ1v) is 7.64. The summed E-state index contributed by atoms with van der Waals surface area (Å²) in [6.45, 7) is 4.64. The van der Waals surface area contributed by atoms with Crippen LogP contribution in [0.15, 0.2) is 29.3 Å². The molecule has 1 aromatic carbocycles. The van der Waals surface area contributed by atoms with E-state index < -0.39 is 11.7 Å². The molecule has 0 radical (unpaired) electrons. The van der Waals surface area contributed by atoms with E-state index in [1.54, 1.807) is 7.11 Å². The van der Waals surface area contributed by atoms with Crippen molar-refractivity contribution < 1.29 is 17.9 Å². The first-order chi connectivity index (χ1) is 11.0. The zero-order chi connectivity index (χ0) is 17.1. The van der Waals surface area contributed by atoms with Crippen molar-refractivity contribution in [3.63, 3.8) is 0 Å². The minimum atomic E-state index is -4.29. The quantitative estimate of drug-likeness (QED) is 0.437. The van der Waals surface area contributed by atoms with Crippen LogP contribution in [0, 0.1) is 0 Å². The highest BCUT2D eigenvalue weighted by Gasteiger charge is 2.29. The van der Waals surface area contributed by atoms with Gasteiger partial charge in [0.1, 0.15) is 0 Å². The van der Waals surface area contributed by atoms with E-state index in [4.69, 9.17) is 4.74 Å². The zero-order valence-electron chi connectivity index (χ0n) is 13.5. The zero-order valence-corrected chi connectivity index (χ0v) is 13.5. The Morgan fingerprint density at radius 1 is 1.17 bits per heavy atom. The third-order valence-corrected chi connectivity index (χ3v) is 3.11. The number of halogens is 3. The molecule has 0 atom stereocenters. The molecule has 23 heavy (non-hydrogen) atoms. The van der Waals surface area contributed by atoms with E-state index >= 15 is 0 Å². The number of nitrogens with zero attached hydrogens (tertiary/aromatic N) is 1. The Morgan fingerprint density at radius 3 is 2.43 bits per heavy atom. The molecule has 0 spiro atoms. The second kappa shape index (κ2) is 10.1. The molecule has 0 aliphatic rings. The summed E-state index contributed by atoms with van der Waals surface area (Å²) in [5.41, 5.74) is 0.225. The van der Waals surface area contributed by atoms with Gasteiger partial charge in [-0.25, -0.2) is 0 Å². The van der Waals surface area contributed by atoms with Gasteiger partial charge in [0.15, 0.2) is 5.96 Å². The van der Waals surface area contributed by atoms with Crippen molar-refractivity contribution in [1.29, 1.82) is 0 Å². The number of hydrogen-bond donors (Lipinski definition) is 2. The van der Waals surface area contributed by atoms with Crippen LogP contribution in [0.3, 0.4) is 0 Å². The van der Waals surface area contributed by atoms with Crippen LogP contribution in [-0.2, 0) is 17.3 Å². The lowest BCUT2D eigenvalue weighted by molar-refractivity contribution is -0.137. The first-order valence-electron chi connectivity index (χ1n) is 7.64. The molecule has 0 heterocycles. The highest BCUT2D eigenvalue weighted by atomic mass is 19.4. The van der Waals surface area contributed by atoms with Gasteiger partial charge < -0.3 is 15.4 Å². The molecule has 0 saturated carbocycles. The van der Waals surface area contributed by atoms with Crippen molar-refractivity contribution in [1.82, 2.24) is 10.6 Å². The Bertz CT molecular complexity index is 472. The average Bonchev–Trinajstić information content (AvgIpc) is 2.51. The van der Waals surface area contributed by atoms with Crippen LogP contribution in [-0.4, -0.2) is 39.3 Å². The van der Waals surface area contributed by atoms with Crippen molar-refractivity contribution in [2.24, 2.45) is 4.99 Å². The van der Waals surface area contributed by atoms with E-state index in [0.29, 0.717) is 32.1 Å². The molecule has 0 bridgehead atoms. The van der Waals surface area contributed by atoms with Gasteiger partial charge in [0.05, 0.1) is 5.56 Å². The molecular weight excluding hydrogens is 307 g/mol. The van der Waals surface area contributed by atoms with E-state index in [1.807, 2.05) is 6.92 Å². The van der Waals surface area contributed by atoms with Gasteiger partial charge in [0, 0.05) is 33.4 Å². The average molecular weight is 331 g/mol. The van der Waals surface area contributed by atoms with Crippen molar-refractivity contribution in [3.05, 3.63) is 35.4 Å². The molecule has 0 amide bonds. The maximum Gasteiger partial charge on any atom is 0.416 e. The van der Waals surface area contributed by atoms with Crippen LogP contribution in [0.5, 0.6) is 0 Å². The molecule has 0 unspecified atom stereocenters. The molecule has 0 aliphatic carbocycles. The Morgan fingerprint density at radius 2 is 1.87 bits per heavy atom. The van der Waals surface area contributed by atoms with Crippen LogP contribution in [0.4, 0.5) is 13.2 Å². The number of nitrogens with one attached hydrogen (secondary N) is 2. The highest BCUT2D eigenvalue weighted by molar-refractivity contribution is 5.79. The van der Waals surface area contributed by atoms with Crippen molar-refractivity contribution in [3.8, 4) is 0 Å². The molecule has 0 aromatic heterocycles. The fourth-order valence-corrected chi connectivity index (χ4v) is 1.93. The number of hydrogen-bond acceptors (Lipinski definition) is 2. The van der Waals surface area contributed by atoms with Crippen LogP contribution in [0.2, 0.25) is 0 Å². The van der Waals surface area contributed by atoms with Gasteiger partial charge >= 0.3 is 6.18 Å². The smallest absolute Gasteiger partial charge is 0.385 e. The monoisotopic (exact) mass is 331 g/mol. The maximum absolute atomic E-state index is 12.5. The van der Waals surface area contributed by atoms with Crippen molar-refractivity contribution in [2.45, 2.75) is 25.9 Å². The lowest BCUT2D eigenvalue weighted by atomic mass is 10.1. The number of benzene rings is 1. The second-order valence-electron chi connectivity index (χ2n) is 4.98. The van der Waals surface area contributed by atoms with Crippen molar-refractivity contribution >= 4 is 5.96 Å². The SMILES string of the molecule is CCNC(=NCCCOC)NCCc1ccc(C(F)(F)F)cc1. The van der Waals surface area contributed by atoms with Crippen LogP contribution < -0.4 is 10.6 Å². The fraction of sp³-hybridized carbons (Fsp3) is 0.562. The van der Waals surface area contributed by atoms with Crippen molar-refractivity contribution in [2.75, 3.05) is 33.4 Å². The standard InChI is InChI=1S/C16H24F3N3O/c1-3-20-15(21-10-4-12-23-2)22-11-9-13-5-7-14(8-6-13)16(17,18)19/h5-8H,3-4,9-12H2,1-2H3,(H2,20,21,22). The molecule has 1 rings (SSSR count). The molecular formula is C16H24F3N3O. The Balaban J connectivity index is 2.43. The lowest BCUT2D eigenvalue weighted by Gasteiger charge is -2.12. The molecule has 4 nitrogen and oxygen atoms in total. The molecule has 0 saturated heterocycles. The van der Waals surface area contributed by atoms with Gasteiger partial charge in [-0.2, -0.15) is 13.2 Å². The van der Waals surface area contributed by atoms with Crippen LogP contribution >= 0.6 is 0 Å². The molecule has 7 heteroatoms. The first kappa shape index (κ1) is 19.3. The van der Waals surface area contributed by atoms with E-state index in [-0.39, 0.29) is 0 Å². The molecule has 1 aromatic rings. The number of guanidine groups is 1. The Labute approximate surface area is 135 Å². The minimum Gasteiger partial charge on any atom is -0.385 e. The van der Waals surface area contributed by atoms with Gasteiger partial charge in [-0.3, -0.25) is 4.99 Å². The highest BCUT2D eigenvalue weighted by Crippen LogP contribution is 2.29. The lowest BCUT2D eigenvalue weighted by Crippen LogP contribution is -2.38. The summed E-state index contributed by atoms with van der Waals surface area (Å²) in [7, 11) is 1.65. The number of methoxy groups -OCH3 is 1. The molecule has 2 N–H and O–H groups in total. The van der Waals surface area contributed by atoms with E-state index in [0.717, 1.165) is 30.7 Å². The summed E-state index contributed by atoms with van der Waals surface area (Å²) < 4.78 is 42.4. The summed E-state index contributed by atoms with van der Waals surface area (Å²) >= 11 is 0. The third kappa shape index (κ3) is 7.88. The largest absolute Gasteiger partial charge is 0.416 e. The molecule has 0 aliphatic heterocycles. The van der Waals surface area contributed by atoms with E-state index in [9.17, 15) is 13.2 Å². The topological polar surface area (TPSA) is 45.7 Å². The molecule has 130 valence electrons. The Hall–Kier alpha value is -1.76. The predicted octanol–water partition coefficient (Wildman–Crippen LogP) is 2.84. The second-order valence-corrected chi connectivity index (χ2v) is 4.98. The number of ether oxygens (including phenoxy) is 1. The van der Waals surface area contributed by atoms with Gasteiger partial charge in [-0.1, -0.05) is 12.1 Å². The number of aliphatic imine (C=N–C) groups is 1. The third-order valence-electron chi connectivity index (χ3n) is 3.11. The summed E-state index contributed by atoms with van der Waals surface area (Å²) in [6, 6.07) is 5.24. The van der Waals surface area contributed by atoms with E-state index in [2.05, 4.69) is 15.6 Å². The Kier molecular flexibility index (Phi) is 8.47. The number of rotatable bonds is 8. The summed E-state index contributed by atoms with van der Waals surface area (Å²) in [5, 5.41) is 6.29. The van der Waals surface area contributed by atoms with Gasteiger partial charge in [-0.15, -0.1) is 0 Å². The van der Waals surface area contributed by atoms with Gasteiger partial charge in [0.25, 0.3) is 0 Å². The van der Waals surface area contributed by atoms with Crippen LogP contribution in [0.1, 0.15) is 24.5 Å². The van der Waals surface area contributed by atoms with Gasteiger partial charge in [-0.05, 0) is 37.5 Å². The fourth-order valence-electron chi connectivity index (χ4n) is 1.93. The predicted molar refractivity (Wildman–Crippen MR) is 85.6 cm³/mol. The van der Waals surface area contributed by atoms with Crippen LogP contribution in [0.25, 0.3) is 0 Å². The normalized spacial score (nSPS) is 12.3. The summed E-state index contributed by atoms with van der Waals surface area (Å²) in [6.07, 6.45) is -2.82. The van der Waals surface area contributed by atoms with Gasteiger partial charge in [0.2, 0.25) is 0 Å². The summed E-state index contributed by atoms with van der Waals surface area (Å²) in [5.74, 6) is 0.704. The maximum atomic E-state index is 12.5. The summed E-state index contributed by atoms with van der Waals surface area (Å²) in [4.78, 5) is 4.39. The van der Waals surface area contributed by atoms with E-state index in [1.165, 1.54) is 12.1 Å². The molecule has 0 fully saturated rings. The number of alkyl halides is 3.